The van der Waals surface area contributed by atoms with Crippen molar-refractivity contribution in [1.82, 2.24) is 0 Å². The number of ketones is 1. The van der Waals surface area contributed by atoms with Crippen LogP contribution >= 0.6 is 0 Å². The fourth-order valence-corrected chi connectivity index (χ4v) is 1.98. The fraction of sp³-hybridized carbons (Fsp3) is 0.176. The molecule has 0 aliphatic rings. The van der Waals surface area contributed by atoms with Gasteiger partial charge in [0.1, 0.15) is 5.76 Å². The summed E-state index contributed by atoms with van der Waals surface area (Å²) in [7, 11) is 2.45. The van der Waals surface area contributed by atoms with Crippen molar-refractivity contribution in [3.05, 3.63) is 65.1 Å². The van der Waals surface area contributed by atoms with E-state index in [9.17, 15) is 19.1 Å². The zero-order valence-corrected chi connectivity index (χ0v) is 13.0. The van der Waals surface area contributed by atoms with Crippen molar-refractivity contribution in [1.29, 1.82) is 0 Å². The van der Waals surface area contributed by atoms with E-state index in [1.165, 1.54) is 25.3 Å². The summed E-state index contributed by atoms with van der Waals surface area (Å²) in [6, 6.07) is 7.37. The maximum Gasteiger partial charge on any atom is 0.373 e. The summed E-state index contributed by atoms with van der Waals surface area (Å²) in [4.78, 5) is 22.9. The number of halogens is 1. The maximum absolute atomic E-state index is 13.4. The van der Waals surface area contributed by atoms with Gasteiger partial charge in [0.25, 0.3) is 0 Å². The van der Waals surface area contributed by atoms with Crippen LogP contribution in [-0.4, -0.2) is 31.1 Å². The zero-order valence-electron chi connectivity index (χ0n) is 13.0. The third-order valence-corrected chi connectivity index (χ3v) is 3.16. The van der Waals surface area contributed by atoms with Gasteiger partial charge >= 0.3 is 5.97 Å². The van der Waals surface area contributed by atoms with Crippen LogP contribution in [0.5, 0.6) is 5.75 Å². The minimum atomic E-state index is -1.02. The van der Waals surface area contributed by atoms with Gasteiger partial charge in [-0.3, -0.25) is 4.79 Å². The number of aliphatic hydroxyl groups excluding tert-OH is 1. The maximum atomic E-state index is 13.4. The summed E-state index contributed by atoms with van der Waals surface area (Å²) in [5, 5.41) is 9.35. The van der Waals surface area contributed by atoms with Crippen LogP contribution in [0.1, 0.15) is 21.9 Å². The van der Waals surface area contributed by atoms with E-state index in [-0.39, 0.29) is 11.5 Å². The van der Waals surface area contributed by atoms with E-state index in [2.05, 4.69) is 4.74 Å². The van der Waals surface area contributed by atoms with Gasteiger partial charge < -0.3 is 19.0 Å². The van der Waals surface area contributed by atoms with Crippen LogP contribution in [0.4, 0.5) is 4.39 Å². The van der Waals surface area contributed by atoms with E-state index in [1.54, 1.807) is 12.1 Å². The molecule has 0 amide bonds. The van der Waals surface area contributed by atoms with Gasteiger partial charge in [-0.2, -0.15) is 0 Å². The lowest BCUT2D eigenvalue weighted by atomic mass is 10.1. The Balaban J connectivity index is 2.13. The van der Waals surface area contributed by atoms with E-state index < -0.39 is 23.3 Å². The number of furan rings is 1. The lowest BCUT2D eigenvalue weighted by Gasteiger charge is -2.04. The molecule has 0 unspecified atom stereocenters. The van der Waals surface area contributed by atoms with Crippen molar-refractivity contribution in [2.45, 2.75) is 6.42 Å². The molecule has 2 aromatic rings. The van der Waals surface area contributed by atoms with Crippen LogP contribution in [0.15, 0.2) is 46.6 Å². The Kier molecular flexibility index (Phi) is 5.36. The number of hydrogen-bond donors (Lipinski definition) is 1. The van der Waals surface area contributed by atoms with Crippen molar-refractivity contribution in [2.24, 2.45) is 0 Å². The normalized spacial score (nSPS) is 11.2. The minimum Gasteiger partial charge on any atom is -0.502 e. The monoisotopic (exact) mass is 334 g/mol. The molecule has 0 atom stereocenters. The quantitative estimate of drug-likeness (QED) is 0.378. The summed E-state index contributed by atoms with van der Waals surface area (Å²) in [6.07, 6.45) is 1.03. The number of benzene rings is 1. The van der Waals surface area contributed by atoms with Crippen molar-refractivity contribution >= 4 is 11.8 Å². The Morgan fingerprint density at radius 3 is 2.67 bits per heavy atom. The fourth-order valence-electron chi connectivity index (χ4n) is 1.98. The second-order valence-corrected chi connectivity index (χ2v) is 4.80. The molecule has 0 bridgehead atoms. The molecule has 0 saturated heterocycles. The molecule has 24 heavy (non-hydrogen) atoms. The summed E-state index contributed by atoms with van der Waals surface area (Å²) in [6.45, 7) is 0. The first-order valence-corrected chi connectivity index (χ1v) is 6.89. The average Bonchev–Trinajstić information content (AvgIpc) is 3.04. The first-order chi connectivity index (χ1) is 11.4. The molecule has 1 heterocycles. The molecule has 0 radical (unpaired) electrons. The van der Waals surface area contributed by atoms with Crippen LogP contribution in [0, 0.1) is 5.82 Å². The number of hydrogen-bond acceptors (Lipinski definition) is 6. The van der Waals surface area contributed by atoms with Crippen LogP contribution in [0.25, 0.3) is 0 Å². The van der Waals surface area contributed by atoms with Gasteiger partial charge in [-0.05, 0) is 29.8 Å². The number of aliphatic hydroxyl groups is 1. The highest BCUT2D eigenvalue weighted by atomic mass is 19.1. The number of ether oxygens (including phenoxy) is 2. The molecule has 0 aliphatic heterocycles. The minimum absolute atomic E-state index is 0.0467. The summed E-state index contributed by atoms with van der Waals surface area (Å²) >= 11 is 0. The lowest BCUT2D eigenvalue weighted by molar-refractivity contribution is -0.139. The Morgan fingerprint density at radius 2 is 2.00 bits per heavy atom. The molecular weight excluding hydrogens is 319 g/mol. The van der Waals surface area contributed by atoms with Gasteiger partial charge in [-0.1, -0.05) is 6.07 Å². The molecule has 0 spiro atoms. The molecular formula is C17H15FO6. The SMILES string of the molecule is COC(=O)C(O)=CC(=O)c1ccc(Cc2ccc(F)c(OC)c2)o1. The van der Waals surface area contributed by atoms with Crippen molar-refractivity contribution in [3.63, 3.8) is 0 Å². The first-order valence-electron chi connectivity index (χ1n) is 6.89. The van der Waals surface area contributed by atoms with Crippen LogP contribution in [0.2, 0.25) is 0 Å². The topological polar surface area (TPSA) is 86.0 Å². The molecule has 0 aliphatic carbocycles. The van der Waals surface area contributed by atoms with Crippen molar-refractivity contribution in [2.75, 3.05) is 14.2 Å². The number of esters is 1. The molecule has 0 saturated carbocycles. The number of rotatable bonds is 6. The first kappa shape index (κ1) is 17.3. The number of allylic oxidation sites excluding steroid dienone is 1. The highest BCUT2D eigenvalue weighted by molar-refractivity contribution is 6.06. The standard InChI is InChI=1S/C17H15FO6/c1-22-16-8-10(3-5-12(16)18)7-11-4-6-15(24-11)13(19)9-14(20)17(21)23-2/h3-6,8-9,20H,7H2,1-2H3. The van der Waals surface area contributed by atoms with E-state index in [1.807, 2.05) is 0 Å². The van der Waals surface area contributed by atoms with E-state index >= 15 is 0 Å². The molecule has 6 nitrogen and oxygen atoms in total. The molecule has 126 valence electrons. The largest absolute Gasteiger partial charge is 0.502 e. The molecule has 1 aromatic heterocycles. The van der Waals surface area contributed by atoms with Crippen molar-refractivity contribution in [3.8, 4) is 5.75 Å². The summed E-state index contributed by atoms with van der Waals surface area (Å²) in [5.41, 5.74) is 0.731. The highest BCUT2D eigenvalue weighted by Gasteiger charge is 2.15. The van der Waals surface area contributed by atoms with Gasteiger partial charge in [0.2, 0.25) is 11.5 Å². The van der Waals surface area contributed by atoms with E-state index in [4.69, 9.17) is 9.15 Å². The number of methoxy groups -OCH3 is 2. The predicted molar refractivity (Wildman–Crippen MR) is 81.5 cm³/mol. The molecule has 0 fully saturated rings. The highest BCUT2D eigenvalue weighted by Crippen LogP contribution is 2.21. The second-order valence-electron chi connectivity index (χ2n) is 4.80. The Labute approximate surface area is 137 Å². The van der Waals surface area contributed by atoms with Crippen molar-refractivity contribution < 1.29 is 33.0 Å². The van der Waals surface area contributed by atoms with Gasteiger partial charge in [-0.15, -0.1) is 0 Å². The third kappa shape index (κ3) is 4.01. The summed E-state index contributed by atoms with van der Waals surface area (Å²) in [5.74, 6) is -2.47. The Hall–Kier alpha value is -3.09. The van der Waals surface area contributed by atoms with Gasteiger partial charge in [0.05, 0.1) is 14.2 Å². The van der Waals surface area contributed by atoms with Gasteiger partial charge in [0.15, 0.2) is 17.3 Å². The zero-order chi connectivity index (χ0) is 17.7. The predicted octanol–water partition coefficient (Wildman–Crippen LogP) is 2.82. The van der Waals surface area contributed by atoms with Gasteiger partial charge in [0, 0.05) is 12.5 Å². The third-order valence-electron chi connectivity index (χ3n) is 3.16. The van der Waals surface area contributed by atoms with Crippen LogP contribution < -0.4 is 4.74 Å². The number of carbonyl (C=O) groups is 2. The molecule has 1 N–H and O–H groups in total. The molecule has 1 aromatic carbocycles. The number of carbonyl (C=O) groups excluding carboxylic acids is 2. The molecule has 2 rings (SSSR count). The molecule has 7 heteroatoms. The average molecular weight is 334 g/mol. The summed E-state index contributed by atoms with van der Waals surface area (Å²) < 4.78 is 27.9. The van der Waals surface area contributed by atoms with Crippen LogP contribution in [-0.2, 0) is 16.0 Å². The van der Waals surface area contributed by atoms with Gasteiger partial charge in [-0.25, -0.2) is 9.18 Å². The van der Waals surface area contributed by atoms with E-state index in [0.29, 0.717) is 12.2 Å². The van der Waals surface area contributed by atoms with E-state index in [0.717, 1.165) is 18.7 Å². The Morgan fingerprint density at radius 1 is 1.25 bits per heavy atom. The lowest BCUT2D eigenvalue weighted by Crippen LogP contribution is -2.06. The smallest absolute Gasteiger partial charge is 0.373 e. The Bertz CT molecular complexity index is 790. The van der Waals surface area contributed by atoms with Crippen LogP contribution in [0.3, 0.4) is 0 Å². The second kappa shape index (κ2) is 7.45.